The molecule has 0 aliphatic carbocycles. The molecule has 0 radical (unpaired) electrons. The summed E-state index contributed by atoms with van der Waals surface area (Å²) in [4.78, 5) is 19.9. The molecule has 162 valence electrons. The number of halogens is 10. The number of amides is 1. The summed E-state index contributed by atoms with van der Waals surface area (Å²) in [5.41, 5.74) is 0.312. The molecule has 0 aliphatic heterocycles. The van der Waals surface area contributed by atoms with Crippen LogP contribution in [-0.4, -0.2) is 37.6 Å². The standard InChI is InChI=1S/C14H5F10N5O/c15-11(16,13(19,20)21)7-4-1-2-6-26-5(8(25)30)3-29(6)9(4)28-10(27-7)12(17,18)14(22,23)24/h1-3H,(H2,25,30). The second-order valence-corrected chi connectivity index (χ2v) is 5.83. The molecule has 0 aliphatic rings. The van der Waals surface area contributed by atoms with E-state index in [9.17, 15) is 48.7 Å². The smallest absolute Gasteiger partial charge is 0.364 e. The third kappa shape index (κ3) is 3.06. The van der Waals surface area contributed by atoms with Gasteiger partial charge in [0, 0.05) is 11.6 Å². The molecular weight excluding hydrogens is 444 g/mol. The van der Waals surface area contributed by atoms with Crippen molar-refractivity contribution in [2.45, 2.75) is 24.2 Å². The summed E-state index contributed by atoms with van der Waals surface area (Å²) in [7, 11) is 0. The van der Waals surface area contributed by atoms with Gasteiger partial charge >= 0.3 is 24.2 Å². The molecule has 1 amide bonds. The lowest BCUT2D eigenvalue weighted by atomic mass is 10.1. The molecule has 0 aromatic carbocycles. The molecule has 30 heavy (non-hydrogen) atoms. The second kappa shape index (κ2) is 6.15. The highest BCUT2D eigenvalue weighted by atomic mass is 19.4. The van der Waals surface area contributed by atoms with E-state index in [2.05, 4.69) is 15.0 Å². The largest absolute Gasteiger partial charge is 0.461 e. The lowest BCUT2D eigenvalue weighted by molar-refractivity contribution is -0.296. The fourth-order valence-electron chi connectivity index (χ4n) is 2.39. The van der Waals surface area contributed by atoms with E-state index in [-0.39, 0.29) is 0 Å². The Balaban J connectivity index is 2.50. The average molecular weight is 449 g/mol. The predicted molar refractivity (Wildman–Crippen MR) is 76.7 cm³/mol. The Bertz CT molecular complexity index is 1160. The van der Waals surface area contributed by atoms with Crippen molar-refractivity contribution in [3.63, 3.8) is 0 Å². The number of imidazole rings is 1. The van der Waals surface area contributed by atoms with Crippen LogP contribution < -0.4 is 5.73 Å². The number of carbonyl (C=O) groups excluding carboxylic acids is 1. The first kappa shape index (κ1) is 21.5. The van der Waals surface area contributed by atoms with Crippen molar-refractivity contribution in [1.82, 2.24) is 19.4 Å². The Labute approximate surface area is 157 Å². The van der Waals surface area contributed by atoms with Gasteiger partial charge in [-0.3, -0.25) is 9.20 Å². The molecular formula is C14H5F10N5O. The number of carbonyl (C=O) groups is 1. The van der Waals surface area contributed by atoms with Crippen molar-refractivity contribution in [1.29, 1.82) is 0 Å². The van der Waals surface area contributed by atoms with Gasteiger partial charge in [-0.15, -0.1) is 0 Å². The molecule has 2 N–H and O–H groups in total. The van der Waals surface area contributed by atoms with Gasteiger partial charge in [-0.25, -0.2) is 15.0 Å². The molecule has 0 saturated heterocycles. The fraction of sp³-hybridized carbons (Fsp3) is 0.286. The van der Waals surface area contributed by atoms with E-state index >= 15 is 0 Å². The number of primary amides is 1. The Morgan fingerprint density at radius 2 is 1.40 bits per heavy atom. The van der Waals surface area contributed by atoms with Crippen molar-refractivity contribution >= 4 is 22.6 Å². The Kier molecular flexibility index (Phi) is 4.41. The van der Waals surface area contributed by atoms with E-state index in [0.29, 0.717) is 16.7 Å². The van der Waals surface area contributed by atoms with Gasteiger partial charge in [-0.05, 0) is 12.1 Å². The van der Waals surface area contributed by atoms with Crippen LogP contribution in [0.1, 0.15) is 22.0 Å². The van der Waals surface area contributed by atoms with Gasteiger partial charge < -0.3 is 5.73 Å². The topological polar surface area (TPSA) is 86.2 Å². The number of nitrogens with two attached hydrogens (primary N) is 1. The Hall–Kier alpha value is -3.20. The van der Waals surface area contributed by atoms with Gasteiger partial charge in [0.1, 0.15) is 22.7 Å². The molecule has 0 bridgehead atoms. The maximum absolute atomic E-state index is 14.0. The highest BCUT2D eigenvalue weighted by Gasteiger charge is 2.64. The van der Waals surface area contributed by atoms with Crippen LogP contribution in [-0.2, 0) is 11.8 Å². The molecule has 3 aromatic heterocycles. The minimum atomic E-state index is -6.41. The first-order valence-corrected chi connectivity index (χ1v) is 7.38. The van der Waals surface area contributed by atoms with Crippen LogP contribution >= 0.6 is 0 Å². The van der Waals surface area contributed by atoms with Crippen molar-refractivity contribution in [2.75, 3.05) is 0 Å². The number of rotatable bonds is 3. The summed E-state index contributed by atoms with van der Waals surface area (Å²) in [5, 5.41) is -1.21. The maximum Gasteiger partial charge on any atom is 0.461 e. The molecule has 3 aromatic rings. The zero-order valence-corrected chi connectivity index (χ0v) is 13.8. The van der Waals surface area contributed by atoms with Crippen LogP contribution in [0, 0.1) is 0 Å². The van der Waals surface area contributed by atoms with Crippen LogP contribution in [0.3, 0.4) is 0 Å². The van der Waals surface area contributed by atoms with Gasteiger partial charge in [-0.1, -0.05) is 0 Å². The van der Waals surface area contributed by atoms with Gasteiger partial charge in [0.15, 0.2) is 0 Å². The van der Waals surface area contributed by atoms with Crippen molar-refractivity contribution in [2.24, 2.45) is 5.73 Å². The van der Waals surface area contributed by atoms with Crippen LogP contribution in [0.2, 0.25) is 0 Å². The number of aromatic nitrogens is 4. The normalized spacial score (nSPS) is 13.9. The first-order valence-electron chi connectivity index (χ1n) is 7.38. The third-order valence-corrected chi connectivity index (χ3v) is 3.83. The quantitative estimate of drug-likeness (QED) is 0.619. The number of hydrogen-bond donors (Lipinski definition) is 1. The zero-order chi connectivity index (χ0) is 22.9. The maximum atomic E-state index is 14.0. The molecule has 0 unspecified atom stereocenters. The molecule has 3 heterocycles. The molecule has 3 rings (SSSR count). The van der Waals surface area contributed by atoms with E-state index in [0.717, 1.165) is 6.07 Å². The van der Waals surface area contributed by atoms with Crippen LogP contribution in [0.15, 0.2) is 18.3 Å². The minimum absolute atomic E-state index is 0.405. The van der Waals surface area contributed by atoms with E-state index in [1.807, 2.05) is 0 Å². The minimum Gasteiger partial charge on any atom is -0.364 e. The molecule has 0 saturated carbocycles. The van der Waals surface area contributed by atoms with Crippen LogP contribution in [0.5, 0.6) is 0 Å². The van der Waals surface area contributed by atoms with Gasteiger partial charge in [0.05, 0.1) is 0 Å². The number of hydrogen-bond acceptors (Lipinski definition) is 4. The molecule has 0 spiro atoms. The number of nitrogens with zero attached hydrogens (tertiary/aromatic N) is 4. The molecule has 16 heteroatoms. The Morgan fingerprint density at radius 3 is 1.90 bits per heavy atom. The lowest BCUT2D eigenvalue weighted by Crippen LogP contribution is -2.39. The summed E-state index contributed by atoms with van der Waals surface area (Å²) in [5.74, 6) is -15.8. The van der Waals surface area contributed by atoms with E-state index in [1.165, 1.54) is 0 Å². The third-order valence-electron chi connectivity index (χ3n) is 3.83. The molecule has 6 nitrogen and oxygen atoms in total. The summed E-state index contributed by atoms with van der Waals surface area (Å²) in [6, 6.07) is 1.29. The number of pyridine rings is 1. The van der Waals surface area contributed by atoms with Crippen LogP contribution in [0.4, 0.5) is 43.9 Å². The van der Waals surface area contributed by atoms with Gasteiger partial charge in [-0.2, -0.15) is 43.9 Å². The average Bonchev–Trinajstić information content (AvgIpc) is 3.03. The van der Waals surface area contributed by atoms with Crippen LogP contribution in [0.25, 0.3) is 16.7 Å². The monoisotopic (exact) mass is 449 g/mol. The van der Waals surface area contributed by atoms with Gasteiger partial charge in [0.2, 0.25) is 5.82 Å². The SMILES string of the molecule is NC(=O)c1cn2c(ccc3c(C(F)(F)C(F)(F)F)nc(C(F)(F)C(F)(F)F)nc32)n1. The summed E-state index contributed by atoms with van der Waals surface area (Å²) in [6.07, 6.45) is -12.2. The van der Waals surface area contributed by atoms with Gasteiger partial charge in [0.25, 0.3) is 5.91 Å². The van der Waals surface area contributed by atoms with Crippen molar-refractivity contribution < 1.29 is 48.7 Å². The number of fused-ring (bicyclic) bond motifs is 3. The first-order chi connectivity index (χ1) is 13.5. The lowest BCUT2D eigenvalue weighted by Gasteiger charge is -2.23. The Morgan fingerprint density at radius 1 is 0.833 bits per heavy atom. The van der Waals surface area contributed by atoms with E-state index < -0.39 is 64.0 Å². The van der Waals surface area contributed by atoms with E-state index in [1.54, 1.807) is 0 Å². The second-order valence-electron chi connectivity index (χ2n) is 5.83. The van der Waals surface area contributed by atoms with Crippen molar-refractivity contribution in [3.05, 3.63) is 35.5 Å². The zero-order valence-electron chi connectivity index (χ0n) is 13.8. The summed E-state index contributed by atoms with van der Waals surface area (Å²) >= 11 is 0. The van der Waals surface area contributed by atoms with E-state index in [4.69, 9.17) is 5.73 Å². The summed E-state index contributed by atoms with van der Waals surface area (Å²) < 4.78 is 132. The number of alkyl halides is 10. The highest BCUT2D eigenvalue weighted by Crippen LogP contribution is 2.47. The fourth-order valence-corrected chi connectivity index (χ4v) is 2.39. The predicted octanol–water partition coefficient (Wildman–Crippen LogP) is 3.68. The molecule has 0 atom stereocenters. The summed E-state index contributed by atoms with van der Waals surface area (Å²) in [6.45, 7) is 0. The molecule has 0 fully saturated rings. The van der Waals surface area contributed by atoms with Crippen molar-refractivity contribution in [3.8, 4) is 0 Å². The highest BCUT2D eigenvalue weighted by molar-refractivity contribution is 5.92.